The molecule has 0 radical (unpaired) electrons. The molecule has 0 amide bonds. The first-order chi connectivity index (χ1) is 10.9. The third kappa shape index (κ3) is 2.44. The maximum atomic E-state index is 4.48. The number of H-pyrrole nitrogens is 1. The highest BCUT2D eigenvalue weighted by molar-refractivity contribution is 5.87. The van der Waals surface area contributed by atoms with Crippen LogP contribution in [-0.4, -0.2) is 9.97 Å². The van der Waals surface area contributed by atoms with Gasteiger partial charge in [0.1, 0.15) is 5.82 Å². The van der Waals surface area contributed by atoms with Gasteiger partial charge in [-0.25, -0.2) is 4.98 Å². The van der Waals surface area contributed by atoms with Crippen LogP contribution in [0.15, 0.2) is 79.0 Å². The second-order valence-corrected chi connectivity index (χ2v) is 5.20. The summed E-state index contributed by atoms with van der Waals surface area (Å²) >= 11 is 0. The predicted molar refractivity (Wildman–Crippen MR) is 91.3 cm³/mol. The van der Waals surface area contributed by atoms with Gasteiger partial charge in [0.25, 0.3) is 0 Å². The lowest BCUT2D eigenvalue weighted by Gasteiger charge is -2.04. The fourth-order valence-electron chi connectivity index (χ4n) is 2.54. The highest BCUT2D eigenvalue weighted by Gasteiger charge is 2.05. The van der Waals surface area contributed by atoms with Gasteiger partial charge in [-0.15, -0.1) is 0 Å². The Morgan fingerprint density at radius 1 is 0.818 bits per heavy atom. The van der Waals surface area contributed by atoms with Gasteiger partial charge in [0.2, 0.25) is 0 Å². The Labute approximate surface area is 128 Å². The normalized spacial score (nSPS) is 10.7. The minimum absolute atomic E-state index is 0.833. The zero-order valence-electron chi connectivity index (χ0n) is 12.0. The minimum Gasteiger partial charge on any atom is -0.354 e. The smallest absolute Gasteiger partial charge is 0.132 e. The van der Waals surface area contributed by atoms with Gasteiger partial charge in [0.15, 0.2) is 0 Å². The first-order valence-electron chi connectivity index (χ1n) is 7.25. The highest BCUT2D eigenvalue weighted by atomic mass is 15.0. The molecular formula is C19H15N3. The number of fused-ring (bicyclic) bond motifs is 1. The lowest BCUT2D eigenvalue weighted by molar-refractivity contribution is 1.33. The molecular weight excluding hydrogens is 270 g/mol. The Hall–Kier alpha value is -3.07. The lowest BCUT2D eigenvalue weighted by Crippen LogP contribution is -1.92. The highest BCUT2D eigenvalue weighted by Crippen LogP contribution is 2.25. The van der Waals surface area contributed by atoms with Crippen LogP contribution in [-0.2, 0) is 0 Å². The maximum absolute atomic E-state index is 4.48. The number of anilines is 2. The van der Waals surface area contributed by atoms with Crippen LogP contribution >= 0.6 is 0 Å². The van der Waals surface area contributed by atoms with Crippen molar-refractivity contribution in [3.05, 3.63) is 79.0 Å². The Morgan fingerprint density at radius 3 is 2.32 bits per heavy atom. The van der Waals surface area contributed by atoms with E-state index in [4.69, 9.17) is 0 Å². The van der Waals surface area contributed by atoms with Crippen molar-refractivity contribution in [2.24, 2.45) is 0 Å². The number of hydrogen-bond acceptors (Lipinski definition) is 2. The number of pyridine rings is 1. The van der Waals surface area contributed by atoms with E-state index in [1.165, 1.54) is 5.56 Å². The summed E-state index contributed by atoms with van der Waals surface area (Å²) in [5.41, 5.74) is 4.39. The molecule has 0 saturated heterocycles. The molecule has 0 atom stereocenters. The Morgan fingerprint density at radius 2 is 1.55 bits per heavy atom. The molecule has 3 nitrogen and oxygen atoms in total. The molecule has 0 unspecified atom stereocenters. The van der Waals surface area contributed by atoms with E-state index in [2.05, 4.69) is 33.5 Å². The molecule has 2 aromatic heterocycles. The molecule has 106 valence electrons. The van der Waals surface area contributed by atoms with Gasteiger partial charge in [-0.2, -0.15) is 0 Å². The molecule has 4 rings (SSSR count). The third-order valence-corrected chi connectivity index (χ3v) is 3.63. The first kappa shape index (κ1) is 12.7. The largest absolute Gasteiger partial charge is 0.354 e. The molecule has 0 bridgehead atoms. The molecule has 0 aliphatic carbocycles. The number of nitrogens with zero attached hydrogens (tertiary/aromatic N) is 1. The molecule has 3 heteroatoms. The van der Waals surface area contributed by atoms with Crippen molar-refractivity contribution in [2.45, 2.75) is 0 Å². The SMILES string of the molecule is c1ccc(Nc2cc3[nH]c(-c4ccccc4)cc3cn2)cc1. The number of rotatable bonds is 3. The van der Waals surface area contributed by atoms with Crippen LogP contribution < -0.4 is 5.32 Å². The van der Waals surface area contributed by atoms with Gasteiger partial charge in [0.05, 0.1) is 5.52 Å². The Bertz CT molecular complexity index is 896. The lowest BCUT2D eigenvalue weighted by atomic mass is 10.1. The first-order valence-corrected chi connectivity index (χ1v) is 7.25. The fourth-order valence-corrected chi connectivity index (χ4v) is 2.54. The van der Waals surface area contributed by atoms with Gasteiger partial charge in [-0.3, -0.25) is 0 Å². The van der Waals surface area contributed by atoms with Crippen LogP contribution in [0.1, 0.15) is 0 Å². The van der Waals surface area contributed by atoms with Crippen LogP contribution in [0.25, 0.3) is 22.2 Å². The summed E-state index contributed by atoms with van der Waals surface area (Å²) in [4.78, 5) is 7.94. The van der Waals surface area contributed by atoms with E-state index in [1.807, 2.05) is 60.8 Å². The van der Waals surface area contributed by atoms with Crippen molar-refractivity contribution >= 4 is 22.4 Å². The van der Waals surface area contributed by atoms with Gasteiger partial charge >= 0.3 is 0 Å². The van der Waals surface area contributed by atoms with E-state index >= 15 is 0 Å². The van der Waals surface area contributed by atoms with Crippen LogP contribution in [0.2, 0.25) is 0 Å². The average molecular weight is 285 g/mol. The molecule has 2 N–H and O–H groups in total. The summed E-state index contributed by atoms with van der Waals surface area (Å²) in [5.74, 6) is 0.833. The van der Waals surface area contributed by atoms with E-state index in [-0.39, 0.29) is 0 Å². The van der Waals surface area contributed by atoms with Gasteiger partial charge in [0, 0.05) is 29.0 Å². The number of aromatic nitrogens is 2. The van der Waals surface area contributed by atoms with Crippen molar-refractivity contribution in [1.82, 2.24) is 9.97 Å². The molecule has 4 aromatic rings. The van der Waals surface area contributed by atoms with Crippen LogP contribution in [0.4, 0.5) is 11.5 Å². The van der Waals surface area contributed by atoms with Crippen LogP contribution in [0.3, 0.4) is 0 Å². The zero-order chi connectivity index (χ0) is 14.8. The third-order valence-electron chi connectivity index (χ3n) is 3.63. The number of para-hydroxylation sites is 1. The van der Waals surface area contributed by atoms with Crippen molar-refractivity contribution in [1.29, 1.82) is 0 Å². The quantitative estimate of drug-likeness (QED) is 0.557. The van der Waals surface area contributed by atoms with E-state index in [1.54, 1.807) is 0 Å². The standard InChI is InChI=1S/C19H15N3/c1-3-7-14(8-4-1)17-11-15-13-20-19(12-18(15)22-17)21-16-9-5-2-6-10-16/h1-13,22H,(H,20,21). The number of hydrogen-bond donors (Lipinski definition) is 2. The van der Waals surface area contributed by atoms with E-state index < -0.39 is 0 Å². The number of benzene rings is 2. The molecule has 2 heterocycles. The Balaban J connectivity index is 1.69. The molecule has 22 heavy (non-hydrogen) atoms. The Kier molecular flexibility index (Phi) is 3.09. The maximum Gasteiger partial charge on any atom is 0.132 e. The topological polar surface area (TPSA) is 40.7 Å². The number of nitrogens with one attached hydrogen (secondary N) is 2. The van der Waals surface area contributed by atoms with Crippen molar-refractivity contribution < 1.29 is 0 Å². The molecule has 0 spiro atoms. The molecule has 0 aliphatic heterocycles. The van der Waals surface area contributed by atoms with Crippen molar-refractivity contribution in [3.63, 3.8) is 0 Å². The summed E-state index contributed by atoms with van der Waals surface area (Å²) < 4.78 is 0. The van der Waals surface area contributed by atoms with E-state index in [0.29, 0.717) is 0 Å². The average Bonchev–Trinajstić information content (AvgIpc) is 3.00. The summed E-state index contributed by atoms with van der Waals surface area (Å²) in [7, 11) is 0. The molecule has 0 saturated carbocycles. The van der Waals surface area contributed by atoms with Gasteiger partial charge < -0.3 is 10.3 Å². The minimum atomic E-state index is 0.833. The summed E-state index contributed by atoms with van der Waals surface area (Å²) in [6.07, 6.45) is 1.89. The van der Waals surface area contributed by atoms with Crippen LogP contribution in [0, 0.1) is 0 Å². The summed E-state index contributed by atoms with van der Waals surface area (Å²) in [5, 5.41) is 4.42. The van der Waals surface area contributed by atoms with Crippen LogP contribution in [0.5, 0.6) is 0 Å². The molecule has 0 fully saturated rings. The van der Waals surface area contributed by atoms with E-state index in [0.717, 1.165) is 28.1 Å². The fraction of sp³-hybridized carbons (Fsp3) is 0. The van der Waals surface area contributed by atoms with Gasteiger partial charge in [-0.05, 0) is 23.8 Å². The second kappa shape index (κ2) is 5.37. The van der Waals surface area contributed by atoms with E-state index in [9.17, 15) is 0 Å². The number of aromatic amines is 1. The zero-order valence-corrected chi connectivity index (χ0v) is 12.0. The predicted octanol–water partition coefficient (Wildman–Crippen LogP) is 4.97. The summed E-state index contributed by atoms with van der Waals surface area (Å²) in [6, 6.07) is 24.5. The van der Waals surface area contributed by atoms with Crippen molar-refractivity contribution in [2.75, 3.05) is 5.32 Å². The van der Waals surface area contributed by atoms with Crippen molar-refractivity contribution in [3.8, 4) is 11.3 Å². The molecule has 0 aliphatic rings. The summed E-state index contributed by atoms with van der Waals surface area (Å²) in [6.45, 7) is 0. The monoisotopic (exact) mass is 285 g/mol. The second-order valence-electron chi connectivity index (χ2n) is 5.20. The van der Waals surface area contributed by atoms with Gasteiger partial charge in [-0.1, -0.05) is 48.5 Å². The molecule has 2 aromatic carbocycles.